The molecule has 2 heteroatoms. The fraction of sp³-hybridized carbons (Fsp3) is 0.207. The van der Waals surface area contributed by atoms with Crippen LogP contribution in [0, 0.1) is 6.92 Å². The topological polar surface area (TPSA) is 20.5 Å². The van der Waals surface area contributed by atoms with Crippen LogP contribution in [0.2, 0.25) is 0 Å². The lowest BCUT2D eigenvalue weighted by Crippen LogP contribution is -2.12. The van der Waals surface area contributed by atoms with E-state index in [0.717, 1.165) is 43.0 Å². The van der Waals surface area contributed by atoms with Gasteiger partial charge in [0.1, 0.15) is 5.75 Å². The largest absolute Gasteiger partial charge is 0.497 e. The molecule has 0 radical (unpaired) electrons. The lowest BCUT2D eigenvalue weighted by atomic mass is 9.79. The molecule has 2 aliphatic rings. The highest BCUT2D eigenvalue weighted by atomic mass is 16.5. The smallest absolute Gasteiger partial charge is 0.364 e. The summed E-state index contributed by atoms with van der Waals surface area (Å²) in [6, 6.07) is 24.0. The number of fused-ring (bicyclic) bond motifs is 6. The van der Waals surface area contributed by atoms with Gasteiger partial charge in [0.15, 0.2) is 0 Å². The minimum atomic E-state index is 0.907. The van der Waals surface area contributed by atoms with Crippen molar-refractivity contribution in [2.45, 2.75) is 32.6 Å². The first-order valence-corrected chi connectivity index (χ1v) is 11.1. The van der Waals surface area contributed by atoms with Gasteiger partial charge < -0.3 is 4.74 Å². The second kappa shape index (κ2) is 7.09. The third kappa shape index (κ3) is 2.90. The summed E-state index contributed by atoms with van der Waals surface area (Å²) in [7, 11) is 1.73. The standard InChI is InChI=1S/C29H25O2/c1-18-7-9-20(10-8-18)27-25-14-11-19-5-3-4-6-23(19)28(25)31-29-24-16-13-22(30-2)17-21(24)12-15-26(27)29/h3-10,13,16-17H,11-12,14-15H2,1-2H3/q+1. The Morgan fingerprint density at radius 2 is 1.39 bits per heavy atom. The molecule has 1 aromatic heterocycles. The fourth-order valence-electron chi connectivity index (χ4n) is 5.22. The highest BCUT2D eigenvalue weighted by molar-refractivity contribution is 5.86. The van der Waals surface area contributed by atoms with Gasteiger partial charge in [0.2, 0.25) is 0 Å². The first-order chi connectivity index (χ1) is 15.2. The quantitative estimate of drug-likeness (QED) is 0.332. The maximum Gasteiger partial charge on any atom is 0.364 e. The summed E-state index contributed by atoms with van der Waals surface area (Å²) in [5.74, 6) is 2.97. The van der Waals surface area contributed by atoms with Crippen LogP contribution in [0.1, 0.15) is 27.8 Å². The number of hydrogen-bond acceptors (Lipinski definition) is 1. The molecule has 1 heterocycles. The van der Waals surface area contributed by atoms with E-state index >= 15 is 0 Å². The monoisotopic (exact) mass is 405 g/mol. The summed E-state index contributed by atoms with van der Waals surface area (Å²) in [5, 5.41) is 0. The van der Waals surface area contributed by atoms with Crippen molar-refractivity contribution in [2.75, 3.05) is 7.11 Å². The normalized spacial score (nSPS) is 13.6. The molecule has 152 valence electrons. The zero-order valence-corrected chi connectivity index (χ0v) is 18.0. The minimum Gasteiger partial charge on any atom is -0.497 e. The highest BCUT2D eigenvalue weighted by Gasteiger charge is 2.38. The van der Waals surface area contributed by atoms with Crippen LogP contribution in [0.5, 0.6) is 5.75 Å². The molecule has 0 aliphatic heterocycles. The van der Waals surface area contributed by atoms with E-state index < -0.39 is 0 Å². The SMILES string of the molecule is COc1ccc2c(c1)CCc1c-2[o+]c2c(c1-c1ccc(C)cc1)CCc1ccccc1-2. The Morgan fingerprint density at radius 3 is 2.13 bits per heavy atom. The number of hydrogen-bond donors (Lipinski definition) is 0. The van der Waals surface area contributed by atoms with Crippen LogP contribution in [0.15, 0.2) is 71.1 Å². The van der Waals surface area contributed by atoms with Crippen LogP contribution in [0.3, 0.4) is 0 Å². The Morgan fingerprint density at radius 1 is 0.710 bits per heavy atom. The van der Waals surface area contributed by atoms with Gasteiger partial charge in [-0.2, -0.15) is 0 Å². The van der Waals surface area contributed by atoms with Crippen molar-refractivity contribution in [3.8, 4) is 39.5 Å². The number of benzene rings is 3. The molecule has 0 amide bonds. The summed E-state index contributed by atoms with van der Waals surface area (Å²) < 4.78 is 12.3. The van der Waals surface area contributed by atoms with E-state index in [0.29, 0.717) is 0 Å². The van der Waals surface area contributed by atoms with Gasteiger partial charge in [0, 0.05) is 5.56 Å². The van der Waals surface area contributed by atoms with Crippen molar-refractivity contribution in [3.05, 3.63) is 94.5 Å². The van der Waals surface area contributed by atoms with Crippen molar-refractivity contribution < 1.29 is 9.15 Å². The molecular formula is C29H25O2+. The first kappa shape index (κ1) is 18.4. The molecular weight excluding hydrogens is 380 g/mol. The van der Waals surface area contributed by atoms with Gasteiger partial charge in [-0.1, -0.05) is 48.0 Å². The summed E-state index contributed by atoms with van der Waals surface area (Å²) in [6.45, 7) is 2.15. The maximum atomic E-state index is 6.79. The van der Waals surface area contributed by atoms with Crippen molar-refractivity contribution >= 4 is 0 Å². The van der Waals surface area contributed by atoms with Gasteiger partial charge in [-0.25, -0.2) is 4.42 Å². The molecule has 4 aromatic rings. The molecule has 0 fully saturated rings. The summed E-state index contributed by atoms with van der Waals surface area (Å²) in [4.78, 5) is 0. The summed E-state index contributed by atoms with van der Waals surface area (Å²) >= 11 is 0. The Hall–Kier alpha value is -3.39. The van der Waals surface area contributed by atoms with Gasteiger partial charge in [-0.15, -0.1) is 0 Å². The molecule has 0 saturated carbocycles. The molecule has 0 bridgehead atoms. The average Bonchev–Trinajstić information content (AvgIpc) is 2.82. The number of ether oxygens (including phenoxy) is 1. The molecule has 0 spiro atoms. The fourth-order valence-corrected chi connectivity index (χ4v) is 5.22. The highest BCUT2D eigenvalue weighted by Crippen LogP contribution is 2.47. The van der Waals surface area contributed by atoms with E-state index in [1.165, 1.54) is 50.1 Å². The summed E-state index contributed by atoms with van der Waals surface area (Å²) in [5.41, 5.74) is 11.8. The molecule has 31 heavy (non-hydrogen) atoms. The number of methoxy groups -OCH3 is 1. The molecule has 2 nitrogen and oxygen atoms in total. The number of aryl methyl sites for hydroxylation is 3. The first-order valence-electron chi connectivity index (χ1n) is 11.1. The van der Waals surface area contributed by atoms with Crippen molar-refractivity contribution in [3.63, 3.8) is 0 Å². The average molecular weight is 406 g/mol. The molecule has 0 saturated heterocycles. The number of rotatable bonds is 2. The van der Waals surface area contributed by atoms with E-state index in [1.807, 2.05) is 6.07 Å². The van der Waals surface area contributed by atoms with Gasteiger partial charge in [0.25, 0.3) is 0 Å². The van der Waals surface area contributed by atoms with Gasteiger partial charge in [-0.05, 0) is 73.6 Å². The van der Waals surface area contributed by atoms with Crippen LogP contribution < -0.4 is 4.74 Å². The Labute approximate surface area is 183 Å². The van der Waals surface area contributed by atoms with E-state index in [4.69, 9.17) is 9.15 Å². The van der Waals surface area contributed by atoms with Gasteiger partial charge >= 0.3 is 11.5 Å². The van der Waals surface area contributed by atoms with Crippen LogP contribution >= 0.6 is 0 Å². The van der Waals surface area contributed by atoms with Crippen LogP contribution in [-0.2, 0) is 25.7 Å². The Kier molecular flexibility index (Phi) is 4.21. The predicted octanol–water partition coefficient (Wildman–Crippen LogP) is 7.08. The lowest BCUT2D eigenvalue weighted by molar-refractivity contribution is 0.414. The molecule has 0 atom stereocenters. The van der Waals surface area contributed by atoms with Crippen molar-refractivity contribution in [2.24, 2.45) is 0 Å². The third-order valence-corrected chi connectivity index (χ3v) is 6.80. The van der Waals surface area contributed by atoms with Crippen molar-refractivity contribution in [1.82, 2.24) is 0 Å². The van der Waals surface area contributed by atoms with Gasteiger partial charge in [0.05, 0.1) is 29.4 Å². The molecule has 0 N–H and O–H groups in total. The molecule has 2 aliphatic carbocycles. The second-order valence-corrected chi connectivity index (χ2v) is 8.64. The molecule has 6 rings (SSSR count). The minimum absolute atomic E-state index is 0.907. The zero-order chi connectivity index (χ0) is 20.9. The van der Waals surface area contributed by atoms with Gasteiger partial charge in [-0.3, -0.25) is 0 Å². The Bertz CT molecular complexity index is 1320. The Balaban J connectivity index is 1.67. The lowest BCUT2D eigenvalue weighted by Gasteiger charge is -2.22. The summed E-state index contributed by atoms with van der Waals surface area (Å²) in [6.07, 6.45) is 4.06. The van der Waals surface area contributed by atoms with Crippen LogP contribution in [0.4, 0.5) is 0 Å². The maximum absolute atomic E-state index is 6.79. The van der Waals surface area contributed by atoms with Crippen molar-refractivity contribution in [1.29, 1.82) is 0 Å². The second-order valence-electron chi connectivity index (χ2n) is 8.64. The predicted molar refractivity (Wildman–Crippen MR) is 126 cm³/mol. The van der Waals surface area contributed by atoms with E-state index in [1.54, 1.807) is 7.11 Å². The molecule has 3 aromatic carbocycles. The van der Waals surface area contributed by atoms with E-state index in [-0.39, 0.29) is 0 Å². The zero-order valence-electron chi connectivity index (χ0n) is 18.0. The van der Waals surface area contributed by atoms with Crippen LogP contribution in [0.25, 0.3) is 33.8 Å². The molecule has 0 unspecified atom stereocenters. The van der Waals surface area contributed by atoms with E-state index in [2.05, 4.69) is 67.6 Å². The third-order valence-electron chi connectivity index (χ3n) is 6.80. The van der Waals surface area contributed by atoms with Crippen LogP contribution in [-0.4, -0.2) is 7.11 Å². The van der Waals surface area contributed by atoms with E-state index in [9.17, 15) is 0 Å².